The van der Waals surface area contributed by atoms with Crippen LogP contribution in [0.1, 0.15) is 6.42 Å². The molecule has 2 unspecified atom stereocenters. The maximum atomic E-state index is 4.31. The largest absolute Gasteiger partial charge is 0.336 e. The van der Waals surface area contributed by atoms with Crippen molar-refractivity contribution in [3.63, 3.8) is 0 Å². The van der Waals surface area contributed by atoms with Gasteiger partial charge in [-0.05, 0) is 24.9 Å². The van der Waals surface area contributed by atoms with Gasteiger partial charge in [-0.1, -0.05) is 0 Å². The van der Waals surface area contributed by atoms with Gasteiger partial charge in [0, 0.05) is 31.5 Å². The Hall–Kier alpha value is -1.16. The van der Waals surface area contributed by atoms with Crippen molar-refractivity contribution in [3.8, 4) is 0 Å². The Morgan fingerprint density at radius 1 is 1.29 bits per heavy atom. The molecule has 2 bridgehead atoms. The Kier molecular flexibility index (Phi) is 1.87. The summed E-state index contributed by atoms with van der Waals surface area (Å²) in [5, 5.41) is 3.45. The molecule has 0 amide bonds. The zero-order chi connectivity index (χ0) is 9.38. The first-order valence-corrected chi connectivity index (χ1v) is 5.18. The van der Waals surface area contributed by atoms with Crippen LogP contribution in [0.4, 0.5) is 5.95 Å². The highest BCUT2D eigenvalue weighted by Gasteiger charge is 2.36. The fourth-order valence-corrected chi connectivity index (χ4v) is 2.49. The molecule has 14 heavy (non-hydrogen) atoms. The fourth-order valence-electron chi connectivity index (χ4n) is 2.49. The molecule has 1 N–H and O–H groups in total. The molecule has 1 aromatic rings. The molecule has 1 aromatic heterocycles. The number of nitrogens with one attached hydrogen (secondary N) is 1. The van der Waals surface area contributed by atoms with Gasteiger partial charge >= 0.3 is 0 Å². The summed E-state index contributed by atoms with van der Waals surface area (Å²) in [5.41, 5.74) is 0. The van der Waals surface area contributed by atoms with Crippen LogP contribution >= 0.6 is 0 Å². The summed E-state index contributed by atoms with van der Waals surface area (Å²) in [6.07, 6.45) is 4.93. The minimum Gasteiger partial charge on any atom is -0.336 e. The molecule has 3 rings (SSSR count). The van der Waals surface area contributed by atoms with Gasteiger partial charge in [0.05, 0.1) is 0 Å². The molecule has 74 valence electrons. The monoisotopic (exact) mass is 190 g/mol. The fraction of sp³-hybridized carbons (Fsp3) is 0.600. The lowest BCUT2D eigenvalue weighted by Crippen LogP contribution is -2.39. The van der Waals surface area contributed by atoms with Crippen LogP contribution in [0.5, 0.6) is 0 Å². The molecule has 2 aliphatic heterocycles. The summed E-state index contributed by atoms with van der Waals surface area (Å²) >= 11 is 0. The van der Waals surface area contributed by atoms with Crippen molar-refractivity contribution in [2.45, 2.75) is 12.5 Å². The second-order valence-corrected chi connectivity index (χ2v) is 4.11. The summed E-state index contributed by atoms with van der Waals surface area (Å²) in [7, 11) is 0. The van der Waals surface area contributed by atoms with Crippen LogP contribution in [0.2, 0.25) is 0 Å². The van der Waals surface area contributed by atoms with Crippen LogP contribution in [0.3, 0.4) is 0 Å². The molecular formula is C10H14N4. The Morgan fingerprint density at radius 2 is 2.14 bits per heavy atom. The zero-order valence-electron chi connectivity index (χ0n) is 8.06. The number of nitrogens with zero attached hydrogens (tertiary/aromatic N) is 3. The lowest BCUT2D eigenvalue weighted by atomic mass is 10.0. The van der Waals surface area contributed by atoms with E-state index >= 15 is 0 Å². The molecule has 2 aliphatic rings. The Bertz CT molecular complexity index is 313. The van der Waals surface area contributed by atoms with E-state index in [1.165, 1.54) is 6.42 Å². The summed E-state index contributed by atoms with van der Waals surface area (Å²) in [6.45, 7) is 3.34. The van der Waals surface area contributed by atoms with Crippen molar-refractivity contribution in [2.75, 3.05) is 24.5 Å². The minimum absolute atomic E-state index is 0.608. The molecule has 0 aliphatic carbocycles. The summed E-state index contributed by atoms with van der Waals surface area (Å²) in [5.74, 6) is 1.68. The molecule has 2 saturated heterocycles. The van der Waals surface area contributed by atoms with E-state index in [0.717, 1.165) is 31.5 Å². The van der Waals surface area contributed by atoms with E-state index < -0.39 is 0 Å². The van der Waals surface area contributed by atoms with E-state index in [9.17, 15) is 0 Å². The van der Waals surface area contributed by atoms with Gasteiger partial charge in [-0.2, -0.15) is 0 Å². The Labute approximate surface area is 83.4 Å². The second-order valence-electron chi connectivity index (χ2n) is 4.11. The van der Waals surface area contributed by atoms with E-state index in [4.69, 9.17) is 0 Å². The predicted octanol–water partition coefficient (Wildman–Crippen LogP) is 0.275. The maximum Gasteiger partial charge on any atom is 0.225 e. The SMILES string of the molecule is c1cnc(N2CC3CNCC2C3)nc1. The maximum absolute atomic E-state index is 4.31. The molecule has 0 aromatic carbocycles. The van der Waals surface area contributed by atoms with Gasteiger partial charge in [-0.15, -0.1) is 0 Å². The molecule has 0 saturated carbocycles. The smallest absolute Gasteiger partial charge is 0.225 e. The van der Waals surface area contributed by atoms with Crippen LogP contribution < -0.4 is 10.2 Å². The molecule has 2 fully saturated rings. The highest BCUT2D eigenvalue weighted by molar-refractivity contribution is 5.34. The van der Waals surface area contributed by atoms with E-state index in [1.54, 1.807) is 0 Å². The molecule has 3 heterocycles. The third-order valence-electron chi connectivity index (χ3n) is 3.12. The van der Waals surface area contributed by atoms with Gasteiger partial charge in [-0.25, -0.2) is 9.97 Å². The number of hydrogen-bond donors (Lipinski definition) is 1. The normalized spacial score (nSPS) is 30.7. The lowest BCUT2D eigenvalue weighted by molar-refractivity contribution is 0.433. The minimum atomic E-state index is 0.608. The lowest BCUT2D eigenvalue weighted by Gasteiger charge is -2.24. The van der Waals surface area contributed by atoms with Crippen molar-refractivity contribution in [2.24, 2.45) is 5.92 Å². The standard InChI is InChI=1S/C10H14N4/c1-2-12-10(13-3-1)14-7-8-4-9(14)6-11-5-8/h1-3,8-9,11H,4-7H2. The number of fused-ring (bicyclic) bond motifs is 2. The molecular weight excluding hydrogens is 176 g/mol. The summed E-state index contributed by atoms with van der Waals surface area (Å²) in [6, 6.07) is 2.47. The number of rotatable bonds is 1. The second kappa shape index (κ2) is 3.20. The molecule has 2 atom stereocenters. The Balaban J connectivity index is 1.86. The molecule has 4 heteroatoms. The van der Waals surface area contributed by atoms with Crippen molar-refractivity contribution >= 4 is 5.95 Å². The van der Waals surface area contributed by atoms with Crippen LogP contribution in [0, 0.1) is 5.92 Å². The molecule has 0 spiro atoms. The Morgan fingerprint density at radius 3 is 2.93 bits per heavy atom. The predicted molar refractivity (Wildman–Crippen MR) is 54.1 cm³/mol. The highest BCUT2D eigenvalue weighted by Crippen LogP contribution is 2.28. The van der Waals surface area contributed by atoms with Gasteiger partial charge in [-0.3, -0.25) is 0 Å². The number of piperidine rings is 1. The van der Waals surface area contributed by atoms with Crippen LogP contribution in [-0.4, -0.2) is 35.6 Å². The first kappa shape index (κ1) is 8.17. The zero-order valence-corrected chi connectivity index (χ0v) is 8.06. The van der Waals surface area contributed by atoms with E-state index in [1.807, 2.05) is 18.5 Å². The van der Waals surface area contributed by atoms with Crippen molar-refractivity contribution < 1.29 is 0 Å². The third-order valence-corrected chi connectivity index (χ3v) is 3.12. The topological polar surface area (TPSA) is 41.1 Å². The van der Waals surface area contributed by atoms with Gasteiger partial charge in [0.25, 0.3) is 0 Å². The first-order chi connectivity index (χ1) is 6.93. The van der Waals surface area contributed by atoms with E-state index in [0.29, 0.717) is 6.04 Å². The highest BCUT2D eigenvalue weighted by atomic mass is 15.3. The van der Waals surface area contributed by atoms with Crippen LogP contribution in [0.15, 0.2) is 18.5 Å². The van der Waals surface area contributed by atoms with E-state index in [2.05, 4.69) is 20.2 Å². The van der Waals surface area contributed by atoms with Crippen molar-refractivity contribution in [1.29, 1.82) is 0 Å². The van der Waals surface area contributed by atoms with Crippen LogP contribution in [-0.2, 0) is 0 Å². The molecule has 4 nitrogen and oxygen atoms in total. The van der Waals surface area contributed by atoms with Crippen LogP contribution in [0.25, 0.3) is 0 Å². The number of anilines is 1. The van der Waals surface area contributed by atoms with Gasteiger partial charge in [0.1, 0.15) is 0 Å². The number of aromatic nitrogens is 2. The summed E-state index contributed by atoms with van der Waals surface area (Å²) in [4.78, 5) is 11.0. The van der Waals surface area contributed by atoms with E-state index in [-0.39, 0.29) is 0 Å². The summed E-state index contributed by atoms with van der Waals surface area (Å²) < 4.78 is 0. The first-order valence-electron chi connectivity index (χ1n) is 5.18. The average molecular weight is 190 g/mol. The quantitative estimate of drug-likeness (QED) is 0.690. The average Bonchev–Trinajstić information content (AvgIpc) is 2.55. The molecule has 0 radical (unpaired) electrons. The van der Waals surface area contributed by atoms with Gasteiger partial charge in [0.15, 0.2) is 0 Å². The van der Waals surface area contributed by atoms with Crippen molar-refractivity contribution in [1.82, 2.24) is 15.3 Å². The van der Waals surface area contributed by atoms with Gasteiger partial charge in [0.2, 0.25) is 5.95 Å². The van der Waals surface area contributed by atoms with Crippen molar-refractivity contribution in [3.05, 3.63) is 18.5 Å². The van der Waals surface area contributed by atoms with Gasteiger partial charge < -0.3 is 10.2 Å². The third kappa shape index (κ3) is 1.26. The number of hydrogen-bond acceptors (Lipinski definition) is 4.